The fraction of sp³-hybridized carbons (Fsp3) is 0.630. The van der Waals surface area contributed by atoms with E-state index in [0.29, 0.717) is 41.3 Å². The van der Waals surface area contributed by atoms with E-state index in [1.54, 1.807) is 35.9 Å². The highest BCUT2D eigenvalue weighted by Gasteiger charge is 2.59. The van der Waals surface area contributed by atoms with E-state index in [2.05, 4.69) is 47.6 Å². The van der Waals surface area contributed by atoms with Gasteiger partial charge in [-0.1, -0.05) is 84.6 Å². The summed E-state index contributed by atoms with van der Waals surface area (Å²) in [5, 5.41) is 1.78. The van der Waals surface area contributed by atoms with Gasteiger partial charge in [0, 0.05) is 18.4 Å². The van der Waals surface area contributed by atoms with Crippen LogP contribution in [0, 0.1) is 51.8 Å². The number of carbonyl (C=O) groups excluding carboxylic acids is 2. The number of fused-ring (bicyclic) bond motifs is 6. The van der Waals surface area contributed by atoms with E-state index in [-0.39, 0.29) is 22.9 Å². The van der Waals surface area contributed by atoms with Gasteiger partial charge in [-0.05, 0) is 163 Å². The molecule has 61 heavy (non-hydrogen) atoms. The summed E-state index contributed by atoms with van der Waals surface area (Å²) in [5.74, 6) is 5.35. The van der Waals surface area contributed by atoms with Gasteiger partial charge in [0.15, 0.2) is 0 Å². The van der Waals surface area contributed by atoms with Gasteiger partial charge in [0.1, 0.15) is 17.6 Å². The van der Waals surface area contributed by atoms with Crippen molar-refractivity contribution in [3.8, 4) is 11.5 Å². The largest absolute Gasteiger partial charge is 0.494 e. The van der Waals surface area contributed by atoms with Gasteiger partial charge in [-0.25, -0.2) is 9.59 Å². The Labute approximate surface area is 365 Å². The van der Waals surface area contributed by atoms with E-state index in [1.165, 1.54) is 51.4 Å². The molecule has 3 saturated carbocycles. The van der Waals surface area contributed by atoms with Gasteiger partial charge >= 0.3 is 11.9 Å². The highest BCUT2D eigenvalue weighted by molar-refractivity contribution is 5.96. The third-order valence-corrected chi connectivity index (χ3v) is 16.2. The quantitative estimate of drug-likeness (QED) is 0.0580. The normalized spacial score (nSPS) is 29.4. The van der Waals surface area contributed by atoms with Crippen molar-refractivity contribution in [1.82, 2.24) is 0 Å². The van der Waals surface area contributed by atoms with Gasteiger partial charge in [0.2, 0.25) is 0 Å². The van der Waals surface area contributed by atoms with Crippen LogP contribution in [0.2, 0.25) is 0 Å². The first-order valence-corrected chi connectivity index (χ1v) is 23.9. The average molecular weight is 833 g/mol. The zero-order chi connectivity index (χ0) is 42.8. The van der Waals surface area contributed by atoms with Crippen molar-refractivity contribution < 1.29 is 33.3 Å². The lowest BCUT2D eigenvalue weighted by molar-refractivity contribution is -0.138. The first-order chi connectivity index (χ1) is 29.3. The second-order valence-electron chi connectivity index (χ2n) is 21.1. The smallest absolute Gasteiger partial charge is 0.343 e. The minimum Gasteiger partial charge on any atom is -0.494 e. The molecule has 0 amide bonds. The van der Waals surface area contributed by atoms with Crippen LogP contribution in [-0.4, -0.2) is 51.1 Å². The standard InChI is InChI=1S/C54H72O7/c1-36(2)10-9-11-37(3)47-22-23-48-46-21-17-42-32-45(24-26-53(42,5)49(46)25-27-54(47,48)6)61-51(56)41-13-12-40-31-44(20-16-39(40)30-41)60-50(55)38-14-18-43(19-15-38)59-29-8-7-28-57-33-52(4)34-58-35-52/h12-20,30-31,36-37,45-49H,7-11,21-29,32-35H2,1-6H3. The van der Waals surface area contributed by atoms with E-state index in [0.717, 1.165) is 98.2 Å². The number of rotatable bonds is 17. The van der Waals surface area contributed by atoms with Crippen LogP contribution in [0.25, 0.3) is 10.8 Å². The van der Waals surface area contributed by atoms with E-state index >= 15 is 0 Å². The highest BCUT2D eigenvalue weighted by Crippen LogP contribution is 2.67. The summed E-state index contributed by atoms with van der Waals surface area (Å²) in [6, 6.07) is 18.2. The van der Waals surface area contributed by atoms with Crippen molar-refractivity contribution in [3.63, 3.8) is 0 Å². The second kappa shape index (κ2) is 18.6. The molecule has 8 atom stereocenters. The predicted molar refractivity (Wildman–Crippen MR) is 242 cm³/mol. The number of hydrogen-bond donors (Lipinski definition) is 0. The fourth-order valence-electron chi connectivity index (χ4n) is 12.6. The Bertz CT molecular complexity index is 2030. The van der Waals surface area contributed by atoms with Crippen LogP contribution in [0.5, 0.6) is 11.5 Å². The molecule has 0 spiro atoms. The van der Waals surface area contributed by atoms with Gasteiger partial charge in [-0.2, -0.15) is 0 Å². The van der Waals surface area contributed by atoms with Crippen LogP contribution >= 0.6 is 0 Å². The van der Waals surface area contributed by atoms with Crippen LogP contribution < -0.4 is 9.47 Å². The van der Waals surface area contributed by atoms with Crippen LogP contribution in [-0.2, 0) is 14.2 Å². The lowest BCUT2D eigenvalue weighted by atomic mass is 9.47. The molecule has 0 radical (unpaired) electrons. The molecule has 7 nitrogen and oxygen atoms in total. The highest BCUT2D eigenvalue weighted by atomic mass is 16.5. The Morgan fingerprint density at radius 2 is 1.49 bits per heavy atom. The van der Waals surface area contributed by atoms with E-state index < -0.39 is 5.97 Å². The molecule has 0 N–H and O–H groups in total. The van der Waals surface area contributed by atoms with Crippen LogP contribution in [0.4, 0.5) is 0 Å². The molecule has 0 aromatic heterocycles. The predicted octanol–water partition coefficient (Wildman–Crippen LogP) is 12.8. The van der Waals surface area contributed by atoms with Crippen molar-refractivity contribution in [2.75, 3.05) is 33.0 Å². The first-order valence-electron chi connectivity index (χ1n) is 23.9. The Balaban J connectivity index is 0.804. The molecule has 1 saturated heterocycles. The molecule has 7 heteroatoms. The van der Waals surface area contributed by atoms with Gasteiger partial charge in [0.05, 0.1) is 37.6 Å². The molecule has 3 aromatic carbocycles. The molecule has 1 heterocycles. The van der Waals surface area contributed by atoms with Gasteiger partial charge in [-0.15, -0.1) is 0 Å². The van der Waals surface area contributed by atoms with Gasteiger partial charge in [0.25, 0.3) is 0 Å². The van der Waals surface area contributed by atoms with Crippen LogP contribution in [0.3, 0.4) is 0 Å². The van der Waals surface area contributed by atoms with Crippen molar-refractivity contribution in [2.45, 2.75) is 131 Å². The zero-order valence-electron chi connectivity index (χ0n) is 38.0. The van der Waals surface area contributed by atoms with E-state index in [4.69, 9.17) is 23.7 Å². The summed E-state index contributed by atoms with van der Waals surface area (Å²) in [6.07, 6.45) is 18.1. The second-order valence-corrected chi connectivity index (χ2v) is 21.1. The summed E-state index contributed by atoms with van der Waals surface area (Å²) < 4.78 is 28.9. The Morgan fingerprint density at radius 1 is 0.754 bits per heavy atom. The number of ether oxygens (including phenoxy) is 5. The Hall–Kier alpha value is -3.68. The topological polar surface area (TPSA) is 80.3 Å². The lowest BCUT2D eigenvalue weighted by Gasteiger charge is -2.58. The number of esters is 2. The monoisotopic (exact) mass is 833 g/mol. The number of benzene rings is 3. The zero-order valence-corrected chi connectivity index (χ0v) is 38.0. The Morgan fingerprint density at radius 3 is 2.26 bits per heavy atom. The summed E-state index contributed by atoms with van der Waals surface area (Å²) in [6.45, 7) is 18.3. The maximum atomic E-state index is 13.6. The summed E-state index contributed by atoms with van der Waals surface area (Å²) in [4.78, 5) is 26.6. The van der Waals surface area contributed by atoms with Crippen LogP contribution in [0.15, 0.2) is 72.3 Å². The third kappa shape index (κ3) is 9.64. The van der Waals surface area contributed by atoms with Gasteiger partial charge < -0.3 is 23.7 Å². The van der Waals surface area contributed by atoms with E-state index in [9.17, 15) is 9.59 Å². The SMILES string of the molecule is CC(C)CCCC(C)C1CCC2C3CC=C4CC(OC(=O)c5ccc6cc(OC(=O)c7ccc(OCCCCOCC8(C)COC8)cc7)ccc6c5)CCC4(C)C3CCC12C. The lowest BCUT2D eigenvalue weighted by Crippen LogP contribution is -2.51. The number of carbonyl (C=O) groups is 2. The number of unbranched alkanes of at least 4 members (excludes halogenated alkanes) is 1. The fourth-order valence-corrected chi connectivity index (χ4v) is 12.6. The molecule has 0 bridgehead atoms. The van der Waals surface area contributed by atoms with Crippen LogP contribution in [0.1, 0.15) is 146 Å². The molecular weight excluding hydrogens is 761 g/mol. The molecule has 4 fully saturated rings. The minimum absolute atomic E-state index is 0.0931. The maximum absolute atomic E-state index is 13.6. The van der Waals surface area contributed by atoms with E-state index in [1.807, 2.05) is 30.3 Å². The third-order valence-electron chi connectivity index (χ3n) is 16.2. The number of hydrogen-bond acceptors (Lipinski definition) is 7. The minimum atomic E-state index is -0.437. The molecule has 8 unspecified atom stereocenters. The molecule has 3 aromatic rings. The molecule has 8 rings (SSSR count). The molecule has 1 aliphatic heterocycles. The average Bonchev–Trinajstić information content (AvgIpc) is 3.60. The molecule has 330 valence electrons. The maximum Gasteiger partial charge on any atom is 0.343 e. The van der Waals surface area contributed by atoms with Crippen molar-refractivity contribution in [1.29, 1.82) is 0 Å². The van der Waals surface area contributed by atoms with Crippen molar-refractivity contribution >= 4 is 22.7 Å². The first kappa shape index (κ1) is 43.9. The molecule has 5 aliphatic rings. The van der Waals surface area contributed by atoms with Gasteiger partial charge in [-0.3, -0.25) is 0 Å². The number of allylic oxidation sites excluding steroid dienone is 1. The summed E-state index contributed by atoms with van der Waals surface area (Å²) in [5.41, 5.74) is 3.42. The Kier molecular flexibility index (Phi) is 13.4. The van der Waals surface area contributed by atoms with Crippen molar-refractivity contribution in [2.24, 2.45) is 51.8 Å². The van der Waals surface area contributed by atoms with Crippen molar-refractivity contribution in [3.05, 3.63) is 83.4 Å². The molecular formula is C54H72O7. The molecule has 4 aliphatic carbocycles. The summed E-state index contributed by atoms with van der Waals surface area (Å²) in [7, 11) is 0. The summed E-state index contributed by atoms with van der Waals surface area (Å²) >= 11 is 0.